The molecule has 0 radical (unpaired) electrons. The zero-order chi connectivity index (χ0) is 25.6. The number of amides is 1. The molecule has 0 saturated heterocycles. The van der Waals surface area contributed by atoms with E-state index >= 15 is 0 Å². The van der Waals surface area contributed by atoms with Gasteiger partial charge in [0.2, 0.25) is 10.0 Å². The molecule has 2 unspecified atom stereocenters. The second-order valence-corrected chi connectivity index (χ2v) is 13.7. The van der Waals surface area contributed by atoms with Gasteiger partial charge in [-0.2, -0.15) is 4.76 Å². The van der Waals surface area contributed by atoms with Crippen molar-refractivity contribution >= 4 is 46.0 Å². The van der Waals surface area contributed by atoms with Crippen LogP contribution in [0.25, 0.3) is 0 Å². The van der Waals surface area contributed by atoms with E-state index in [1.807, 2.05) is 34.6 Å². The molecule has 2 aliphatic rings. The molecule has 1 aromatic rings. The Balaban J connectivity index is 2.13. The highest BCUT2D eigenvalue weighted by molar-refractivity contribution is 7.92. The Morgan fingerprint density at radius 3 is 2.50 bits per heavy atom. The van der Waals surface area contributed by atoms with Gasteiger partial charge in [-0.05, 0) is 36.5 Å². The zero-order valence-corrected chi connectivity index (χ0v) is 22.3. The van der Waals surface area contributed by atoms with E-state index in [0.717, 1.165) is 6.26 Å². The van der Waals surface area contributed by atoms with E-state index < -0.39 is 34.9 Å². The summed E-state index contributed by atoms with van der Waals surface area (Å²) in [4.78, 5) is 15.1. The number of nitrogens with one attached hydrogen (secondary N) is 2. The molecule has 3 rings (SSSR count). The molecule has 0 fully saturated rings. The van der Waals surface area contributed by atoms with Crippen LogP contribution in [-0.2, 0) is 23.9 Å². The average molecular weight is 513 g/mol. The lowest BCUT2D eigenvalue weighted by atomic mass is 9.85. The van der Waals surface area contributed by atoms with Crippen molar-refractivity contribution in [3.05, 3.63) is 29.5 Å². The van der Waals surface area contributed by atoms with Gasteiger partial charge < -0.3 is 19.8 Å². The maximum Gasteiger partial charge on any atom is 0.348 e. The molecule has 188 valence electrons. The van der Waals surface area contributed by atoms with E-state index in [0.29, 0.717) is 12.2 Å². The summed E-state index contributed by atoms with van der Waals surface area (Å²) >= 11 is 0. The number of fused-ring (bicyclic) bond motifs is 1. The molecular formula is C22H33N4O6PS. The first kappa shape index (κ1) is 26.2. The van der Waals surface area contributed by atoms with Crippen molar-refractivity contribution in [1.82, 2.24) is 4.90 Å². The van der Waals surface area contributed by atoms with Gasteiger partial charge in [0, 0.05) is 12.2 Å². The van der Waals surface area contributed by atoms with Gasteiger partial charge in [0.05, 0.1) is 29.9 Å². The number of rotatable bonds is 7. The Labute approximate surface area is 201 Å². The maximum atomic E-state index is 13.8. The van der Waals surface area contributed by atoms with E-state index in [1.165, 1.54) is 18.2 Å². The van der Waals surface area contributed by atoms with E-state index in [1.54, 1.807) is 11.8 Å². The van der Waals surface area contributed by atoms with E-state index in [2.05, 4.69) is 14.8 Å². The van der Waals surface area contributed by atoms with E-state index in [9.17, 15) is 22.9 Å². The highest BCUT2D eigenvalue weighted by Crippen LogP contribution is 2.53. The van der Waals surface area contributed by atoms with Crippen molar-refractivity contribution in [1.29, 1.82) is 0 Å². The fraction of sp³-hybridized carbons (Fsp3) is 0.545. The summed E-state index contributed by atoms with van der Waals surface area (Å²) in [6.45, 7) is 11.9. The highest BCUT2D eigenvalue weighted by atomic mass is 32.2. The zero-order valence-electron chi connectivity index (χ0n) is 20.5. The van der Waals surface area contributed by atoms with Crippen molar-refractivity contribution < 1.29 is 27.4 Å². The Morgan fingerprint density at radius 2 is 1.97 bits per heavy atom. The number of carbonyl (C=O) groups is 1. The summed E-state index contributed by atoms with van der Waals surface area (Å²) < 4.78 is 49.3. The summed E-state index contributed by atoms with van der Waals surface area (Å²) in [7, 11) is -7.45. The van der Waals surface area contributed by atoms with Gasteiger partial charge in [0.1, 0.15) is 11.3 Å². The Kier molecular flexibility index (Phi) is 6.96. The monoisotopic (exact) mass is 512 g/mol. The number of hydrogen-bond acceptors (Lipinski definition) is 7. The van der Waals surface area contributed by atoms with Gasteiger partial charge in [-0.1, -0.05) is 34.6 Å². The third-order valence-electron chi connectivity index (χ3n) is 5.31. The Bertz CT molecular complexity index is 1220. The van der Waals surface area contributed by atoms with Crippen LogP contribution in [0.15, 0.2) is 34.3 Å². The molecule has 2 aliphatic heterocycles. The molecule has 10 nitrogen and oxygen atoms in total. The third-order valence-corrected chi connectivity index (χ3v) is 7.97. The van der Waals surface area contributed by atoms with Gasteiger partial charge in [-0.3, -0.25) is 14.1 Å². The van der Waals surface area contributed by atoms with Crippen LogP contribution in [0, 0.1) is 11.3 Å². The molecular weight excluding hydrogens is 479 g/mol. The Hall–Kier alpha value is -2.36. The first-order chi connectivity index (χ1) is 15.6. The van der Waals surface area contributed by atoms with Crippen LogP contribution in [-0.4, -0.2) is 55.6 Å². The van der Waals surface area contributed by atoms with Crippen LogP contribution in [0.1, 0.15) is 41.5 Å². The van der Waals surface area contributed by atoms with Crippen LogP contribution >= 0.6 is 7.52 Å². The predicted octanol–water partition coefficient (Wildman–Crippen LogP) is 3.46. The highest BCUT2D eigenvalue weighted by Gasteiger charge is 2.48. The molecule has 0 spiro atoms. The predicted molar refractivity (Wildman–Crippen MR) is 134 cm³/mol. The number of aliphatic hydroxyl groups is 1. The lowest BCUT2D eigenvalue weighted by Crippen LogP contribution is -2.45. The summed E-state index contributed by atoms with van der Waals surface area (Å²) in [6, 6.07) is 3.86. The minimum absolute atomic E-state index is 0.0314. The largest absolute Gasteiger partial charge is 0.509 e. The molecule has 34 heavy (non-hydrogen) atoms. The first-order valence-electron chi connectivity index (χ1n) is 11.1. The lowest BCUT2D eigenvalue weighted by molar-refractivity contribution is -0.129. The van der Waals surface area contributed by atoms with E-state index in [4.69, 9.17) is 4.52 Å². The van der Waals surface area contributed by atoms with Crippen molar-refractivity contribution in [2.24, 2.45) is 16.1 Å². The first-order valence-corrected chi connectivity index (χ1v) is 14.5. The van der Waals surface area contributed by atoms with Crippen molar-refractivity contribution in [2.75, 3.05) is 29.4 Å². The average Bonchev–Trinajstić information content (AvgIpc) is 2.90. The van der Waals surface area contributed by atoms with Crippen molar-refractivity contribution in [3.63, 3.8) is 0 Å². The summed E-state index contributed by atoms with van der Waals surface area (Å²) in [5, 5.41) is 14.4. The molecule has 3 N–H and O–H groups in total. The molecule has 1 amide bonds. The molecule has 2 atom stereocenters. The molecule has 0 aromatic heterocycles. The van der Waals surface area contributed by atoms with E-state index in [-0.39, 0.29) is 40.7 Å². The minimum Gasteiger partial charge on any atom is -0.509 e. The van der Waals surface area contributed by atoms with Crippen LogP contribution < -0.4 is 15.3 Å². The van der Waals surface area contributed by atoms with Crippen LogP contribution in [0.3, 0.4) is 0 Å². The smallest absolute Gasteiger partial charge is 0.348 e. The fourth-order valence-electron chi connectivity index (χ4n) is 4.21. The second kappa shape index (κ2) is 9.02. The molecule has 0 aliphatic carbocycles. The van der Waals surface area contributed by atoms with Crippen LogP contribution in [0.4, 0.5) is 11.4 Å². The number of nitrogens with zero attached hydrogens (tertiary/aromatic N) is 2. The Morgan fingerprint density at radius 1 is 1.32 bits per heavy atom. The molecule has 1 aromatic carbocycles. The van der Waals surface area contributed by atoms with Crippen molar-refractivity contribution in [2.45, 2.75) is 47.6 Å². The maximum absolute atomic E-state index is 13.8. The summed E-state index contributed by atoms with van der Waals surface area (Å²) in [5.74, 6) is -0.403. The quantitative estimate of drug-likeness (QED) is 0.476. The normalized spacial score (nSPS) is 23.2. The van der Waals surface area contributed by atoms with Gasteiger partial charge in [-0.15, -0.1) is 0 Å². The fourth-order valence-corrected chi connectivity index (χ4v) is 6.57. The SMILES string of the molecule is CCOP1(=O)N=C(C2=C(O)C(C(C)(C)C)N(CC(C)C)C2=O)Nc2ccc(NS(C)(=O)=O)cc21. The summed E-state index contributed by atoms with van der Waals surface area (Å²) in [6.07, 6.45) is 1.01. The topological polar surface area (TPSA) is 137 Å². The molecule has 0 saturated carbocycles. The van der Waals surface area contributed by atoms with Gasteiger partial charge in [0.25, 0.3) is 5.91 Å². The van der Waals surface area contributed by atoms with Crippen LogP contribution in [0.2, 0.25) is 0 Å². The molecule has 2 heterocycles. The second-order valence-electron chi connectivity index (χ2n) is 10.00. The van der Waals surface area contributed by atoms with Crippen LogP contribution in [0.5, 0.6) is 0 Å². The van der Waals surface area contributed by atoms with Gasteiger partial charge in [-0.25, -0.2) is 8.42 Å². The van der Waals surface area contributed by atoms with Crippen molar-refractivity contribution in [3.8, 4) is 0 Å². The summed E-state index contributed by atoms with van der Waals surface area (Å²) in [5.41, 5.74) is 0.0592. The number of anilines is 2. The standard InChI is InChI=1S/C22H33N4O6PS/c1-8-32-33(29)16-11-14(25-34(7,30)31)9-10-15(16)23-20(24-33)17-18(27)19(22(4,5)6)26(21(17)28)12-13(2)3/h9-11,13,19,25,27H,8,12H2,1-7H3,(H,23,24,29). The molecule has 12 heteroatoms. The number of carbonyl (C=O) groups excluding carboxylic acids is 1. The number of hydrogen-bond donors (Lipinski definition) is 3. The number of aliphatic hydroxyl groups excluding tert-OH is 1. The molecule has 0 bridgehead atoms. The number of sulfonamides is 1. The van der Waals surface area contributed by atoms with Gasteiger partial charge >= 0.3 is 7.52 Å². The third kappa shape index (κ3) is 5.16. The minimum atomic E-state index is -3.89. The number of benzene rings is 1. The lowest BCUT2D eigenvalue weighted by Gasteiger charge is -2.36. The number of amidine groups is 1. The van der Waals surface area contributed by atoms with Gasteiger partial charge in [0.15, 0.2) is 5.84 Å².